The Balaban J connectivity index is 2.21. The molecule has 0 aliphatic heterocycles. The van der Waals surface area contributed by atoms with Crippen molar-refractivity contribution in [3.8, 4) is 0 Å². The molecule has 104 valence electrons. The summed E-state index contributed by atoms with van der Waals surface area (Å²) in [6.07, 6.45) is 0.0867. The number of methoxy groups -OCH3 is 1. The number of rotatable bonds is 4. The average Bonchev–Trinajstić information content (AvgIpc) is 2.45. The van der Waals surface area contributed by atoms with Crippen molar-refractivity contribution in [2.24, 2.45) is 0 Å². The first-order valence-electron chi connectivity index (χ1n) is 6.09. The number of fused-ring (bicyclic) bond motifs is 1. The van der Waals surface area contributed by atoms with Gasteiger partial charge in [0.15, 0.2) is 0 Å². The lowest BCUT2D eigenvalue weighted by atomic mass is 10.1. The van der Waals surface area contributed by atoms with Crippen molar-refractivity contribution in [1.82, 2.24) is 10.3 Å². The molecule has 0 atom stereocenters. The number of hydrogen-bond acceptors (Lipinski definition) is 4. The zero-order valence-electron chi connectivity index (χ0n) is 10.9. The monoisotopic (exact) mass is 274 g/mol. The lowest BCUT2D eigenvalue weighted by molar-refractivity contribution is -0.140. The van der Waals surface area contributed by atoms with Crippen LogP contribution in [-0.2, 0) is 9.53 Å². The number of carbonyl (C=O) groups is 2. The SMILES string of the molecule is COC(=O)CCNC(=O)c1cc(=O)[nH]c2ccccc12. The van der Waals surface area contributed by atoms with Crippen LogP contribution < -0.4 is 10.9 Å². The maximum Gasteiger partial charge on any atom is 0.307 e. The van der Waals surface area contributed by atoms with Crippen LogP contribution in [0.3, 0.4) is 0 Å². The Morgan fingerprint density at radius 2 is 2.05 bits per heavy atom. The molecule has 0 fully saturated rings. The van der Waals surface area contributed by atoms with Gasteiger partial charge in [0.05, 0.1) is 19.1 Å². The molecule has 1 heterocycles. The van der Waals surface area contributed by atoms with Gasteiger partial charge in [0, 0.05) is 23.5 Å². The first-order valence-corrected chi connectivity index (χ1v) is 6.09. The Kier molecular flexibility index (Phi) is 4.14. The lowest BCUT2D eigenvalue weighted by Crippen LogP contribution is -2.27. The molecule has 0 radical (unpaired) electrons. The van der Waals surface area contributed by atoms with E-state index in [0.717, 1.165) is 0 Å². The number of nitrogens with one attached hydrogen (secondary N) is 2. The number of aromatic nitrogens is 1. The fourth-order valence-corrected chi connectivity index (χ4v) is 1.87. The zero-order chi connectivity index (χ0) is 14.5. The quantitative estimate of drug-likeness (QED) is 0.808. The van der Waals surface area contributed by atoms with E-state index >= 15 is 0 Å². The van der Waals surface area contributed by atoms with Gasteiger partial charge in [-0.25, -0.2) is 0 Å². The van der Waals surface area contributed by atoms with Gasteiger partial charge >= 0.3 is 5.97 Å². The molecule has 20 heavy (non-hydrogen) atoms. The molecule has 2 rings (SSSR count). The number of esters is 1. The highest BCUT2D eigenvalue weighted by molar-refractivity contribution is 6.05. The first-order chi connectivity index (χ1) is 9.61. The maximum atomic E-state index is 12.1. The largest absolute Gasteiger partial charge is 0.469 e. The van der Waals surface area contributed by atoms with Gasteiger partial charge in [-0.1, -0.05) is 18.2 Å². The first kappa shape index (κ1) is 13.8. The highest BCUT2D eigenvalue weighted by Gasteiger charge is 2.11. The van der Waals surface area contributed by atoms with Crippen molar-refractivity contribution in [2.45, 2.75) is 6.42 Å². The Labute approximate surface area is 114 Å². The molecule has 2 N–H and O–H groups in total. The summed E-state index contributed by atoms with van der Waals surface area (Å²) in [5.41, 5.74) is 0.536. The number of hydrogen-bond donors (Lipinski definition) is 2. The molecule has 1 aromatic heterocycles. The molecular formula is C14H14N2O4. The predicted octanol–water partition coefficient (Wildman–Crippen LogP) is 0.821. The van der Waals surface area contributed by atoms with Crippen LogP contribution in [0, 0.1) is 0 Å². The van der Waals surface area contributed by atoms with Crippen LogP contribution in [0.2, 0.25) is 0 Å². The number of ether oxygens (including phenoxy) is 1. The highest BCUT2D eigenvalue weighted by atomic mass is 16.5. The number of pyridine rings is 1. The van der Waals surface area contributed by atoms with E-state index in [9.17, 15) is 14.4 Å². The molecule has 0 aliphatic carbocycles. The Bertz CT molecular complexity index is 706. The van der Waals surface area contributed by atoms with Crippen molar-refractivity contribution >= 4 is 22.8 Å². The predicted molar refractivity (Wildman–Crippen MR) is 73.5 cm³/mol. The molecular weight excluding hydrogens is 260 g/mol. The van der Waals surface area contributed by atoms with Crippen LogP contribution in [0.25, 0.3) is 10.9 Å². The number of amides is 1. The molecule has 6 nitrogen and oxygen atoms in total. The summed E-state index contributed by atoms with van der Waals surface area (Å²) in [4.78, 5) is 37.2. The number of para-hydroxylation sites is 1. The molecule has 2 aromatic rings. The zero-order valence-corrected chi connectivity index (χ0v) is 10.9. The van der Waals surface area contributed by atoms with E-state index < -0.39 is 11.9 Å². The van der Waals surface area contributed by atoms with Crippen LogP contribution in [0.1, 0.15) is 16.8 Å². The van der Waals surface area contributed by atoms with E-state index in [2.05, 4.69) is 15.0 Å². The van der Waals surface area contributed by atoms with E-state index in [-0.39, 0.29) is 24.1 Å². The van der Waals surface area contributed by atoms with Gasteiger partial charge in [0.25, 0.3) is 5.91 Å². The molecule has 0 saturated carbocycles. The van der Waals surface area contributed by atoms with E-state index in [1.54, 1.807) is 24.3 Å². The minimum absolute atomic E-state index is 0.0867. The third-order valence-corrected chi connectivity index (χ3v) is 2.84. The second-order valence-electron chi connectivity index (χ2n) is 4.17. The molecule has 0 saturated heterocycles. The summed E-state index contributed by atoms with van der Waals surface area (Å²) >= 11 is 0. The fraction of sp³-hybridized carbons (Fsp3) is 0.214. The second-order valence-corrected chi connectivity index (χ2v) is 4.17. The van der Waals surface area contributed by atoms with Crippen molar-refractivity contribution in [3.63, 3.8) is 0 Å². The van der Waals surface area contributed by atoms with Crippen molar-refractivity contribution < 1.29 is 14.3 Å². The molecule has 0 bridgehead atoms. The molecule has 6 heteroatoms. The Morgan fingerprint density at radius 1 is 1.30 bits per heavy atom. The normalized spacial score (nSPS) is 10.2. The summed E-state index contributed by atoms with van der Waals surface area (Å²) < 4.78 is 4.48. The molecule has 1 amide bonds. The van der Waals surface area contributed by atoms with Gasteiger partial charge in [-0.3, -0.25) is 14.4 Å². The topological polar surface area (TPSA) is 88.3 Å². The maximum absolute atomic E-state index is 12.1. The van der Waals surface area contributed by atoms with Gasteiger partial charge in [0.2, 0.25) is 5.56 Å². The van der Waals surface area contributed by atoms with Gasteiger partial charge in [-0.15, -0.1) is 0 Å². The number of benzene rings is 1. The van der Waals surface area contributed by atoms with Crippen molar-refractivity contribution in [3.05, 3.63) is 46.2 Å². The van der Waals surface area contributed by atoms with E-state index in [1.165, 1.54) is 13.2 Å². The van der Waals surface area contributed by atoms with Crippen LogP contribution in [0.5, 0.6) is 0 Å². The number of aromatic amines is 1. The van der Waals surface area contributed by atoms with Crippen molar-refractivity contribution in [1.29, 1.82) is 0 Å². The summed E-state index contributed by atoms with van der Waals surface area (Å²) in [5.74, 6) is -0.794. The number of carbonyl (C=O) groups excluding carboxylic acids is 2. The van der Waals surface area contributed by atoms with E-state index in [0.29, 0.717) is 10.9 Å². The molecule has 1 aromatic carbocycles. The molecule has 0 aliphatic rings. The van der Waals surface area contributed by atoms with Gasteiger partial charge in [-0.2, -0.15) is 0 Å². The summed E-state index contributed by atoms with van der Waals surface area (Å²) in [7, 11) is 1.29. The third-order valence-electron chi connectivity index (χ3n) is 2.84. The van der Waals surface area contributed by atoms with Crippen LogP contribution in [0.4, 0.5) is 0 Å². The van der Waals surface area contributed by atoms with E-state index in [1.807, 2.05) is 0 Å². The van der Waals surface area contributed by atoms with Gasteiger partial charge in [0.1, 0.15) is 0 Å². The third kappa shape index (κ3) is 3.03. The Morgan fingerprint density at radius 3 is 2.80 bits per heavy atom. The Hall–Kier alpha value is -2.63. The average molecular weight is 274 g/mol. The fourth-order valence-electron chi connectivity index (χ4n) is 1.87. The summed E-state index contributed by atoms with van der Waals surface area (Å²) in [5, 5.41) is 3.25. The highest BCUT2D eigenvalue weighted by Crippen LogP contribution is 2.14. The minimum atomic E-state index is -0.402. The van der Waals surface area contributed by atoms with Crippen LogP contribution >= 0.6 is 0 Å². The van der Waals surface area contributed by atoms with Crippen LogP contribution in [-0.4, -0.2) is 30.5 Å². The number of H-pyrrole nitrogens is 1. The summed E-state index contributed by atoms with van der Waals surface area (Å²) in [6.45, 7) is 0.159. The van der Waals surface area contributed by atoms with Crippen molar-refractivity contribution in [2.75, 3.05) is 13.7 Å². The summed E-state index contributed by atoms with van der Waals surface area (Å²) in [6, 6.07) is 8.28. The molecule has 0 unspecified atom stereocenters. The second kappa shape index (κ2) is 6.01. The van der Waals surface area contributed by atoms with Crippen LogP contribution in [0.15, 0.2) is 35.1 Å². The van der Waals surface area contributed by atoms with E-state index in [4.69, 9.17) is 0 Å². The standard InChI is InChI=1S/C14H14N2O4/c1-20-13(18)6-7-15-14(19)10-8-12(17)16-11-5-3-2-4-9(10)11/h2-5,8H,6-7H2,1H3,(H,15,19)(H,16,17). The lowest BCUT2D eigenvalue weighted by Gasteiger charge is -2.07. The van der Waals surface area contributed by atoms with Gasteiger partial charge in [-0.05, 0) is 6.07 Å². The molecule has 0 spiro atoms. The van der Waals surface area contributed by atoms with Gasteiger partial charge < -0.3 is 15.0 Å². The minimum Gasteiger partial charge on any atom is -0.469 e. The smallest absolute Gasteiger partial charge is 0.307 e.